The molecule has 30 heavy (non-hydrogen) atoms. The molecule has 0 spiro atoms. The second-order valence-corrected chi connectivity index (χ2v) is 7.62. The van der Waals surface area contributed by atoms with E-state index in [-0.39, 0.29) is 24.3 Å². The van der Waals surface area contributed by atoms with Gasteiger partial charge in [0.25, 0.3) is 0 Å². The van der Waals surface area contributed by atoms with Crippen LogP contribution in [0.5, 0.6) is 0 Å². The maximum atomic E-state index is 12.8. The van der Waals surface area contributed by atoms with Gasteiger partial charge in [-0.15, -0.1) is 0 Å². The van der Waals surface area contributed by atoms with Gasteiger partial charge in [-0.05, 0) is 36.1 Å². The van der Waals surface area contributed by atoms with Crippen molar-refractivity contribution in [2.45, 2.75) is 25.2 Å². The molecule has 2 aliphatic rings. The fourth-order valence-electron chi connectivity index (χ4n) is 4.17. The van der Waals surface area contributed by atoms with E-state index in [0.29, 0.717) is 18.9 Å². The molecule has 0 aromatic heterocycles. The standard InChI is InChI=1S/C23H27N5O2/c1-24-23(25-14-17-13-21(29)27-19-10-4-3-9-18(17)19)26-15-22(30)28-12-6-8-16-7-2-5-11-20(16)28/h2-5,7,9-11,17H,6,8,12-15H2,1H3,(H,27,29)(H2,24,25,26). The molecule has 156 valence electrons. The molecule has 0 bridgehead atoms. The molecule has 1 unspecified atom stereocenters. The van der Waals surface area contributed by atoms with Gasteiger partial charge in [0.2, 0.25) is 11.8 Å². The van der Waals surface area contributed by atoms with E-state index in [1.807, 2.05) is 47.4 Å². The Balaban J connectivity index is 1.34. The Bertz CT molecular complexity index is 972. The summed E-state index contributed by atoms with van der Waals surface area (Å²) >= 11 is 0. The number of aliphatic imine (C=N–C) groups is 1. The van der Waals surface area contributed by atoms with Gasteiger partial charge < -0.3 is 20.9 Å². The topological polar surface area (TPSA) is 85.8 Å². The molecule has 0 saturated carbocycles. The first-order chi connectivity index (χ1) is 14.7. The number of benzene rings is 2. The Hall–Kier alpha value is -3.35. The molecular formula is C23H27N5O2. The van der Waals surface area contributed by atoms with Crippen molar-refractivity contribution in [1.29, 1.82) is 0 Å². The van der Waals surface area contributed by atoms with Crippen molar-refractivity contribution in [3.8, 4) is 0 Å². The lowest BCUT2D eigenvalue weighted by atomic mass is 9.90. The van der Waals surface area contributed by atoms with Crippen LogP contribution in [0.1, 0.15) is 29.9 Å². The highest BCUT2D eigenvalue weighted by molar-refractivity contribution is 5.98. The average molecular weight is 406 g/mol. The van der Waals surface area contributed by atoms with Gasteiger partial charge in [-0.1, -0.05) is 36.4 Å². The van der Waals surface area contributed by atoms with Crippen LogP contribution in [0.15, 0.2) is 53.5 Å². The zero-order valence-corrected chi connectivity index (χ0v) is 17.1. The minimum Gasteiger partial charge on any atom is -0.356 e. The molecule has 2 aromatic rings. The smallest absolute Gasteiger partial charge is 0.246 e. The number of para-hydroxylation sites is 2. The van der Waals surface area contributed by atoms with Crippen molar-refractivity contribution in [2.24, 2.45) is 4.99 Å². The number of amides is 2. The minimum atomic E-state index is 0.0161. The average Bonchev–Trinajstić information content (AvgIpc) is 2.78. The number of nitrogens with zero attached hydrogens (tertiary/aromatic N) is 2. The number of guanidine groups is 1. The van der Waals surface area contributed by atoms with Crippen LogP contribution in [-0.2, 0) is 16.0 Å². The first-order valence-corrected chi connectivity index (χ1v) is 10.4. The zero-order valence-electron chi connectivity index (χ0n) is 17.1. The van der Waals surface area contributed by atoms with Gasteiger partial charge in [-0.25, -0.2) is 0 Å². The van der Waals surface area contributed by atoms with Crippen molar-refractivity contribution in [3.63, 3.8) is 0 Å². The highest BCUT2D eigenvalue weighted by Gasteiger charge is 2.25. The maximum Gasteiger partial charge on any atom is 0.246 e. The van der Waals surface area contributed by atoms with Crippen LogP contribution in [-0.4, -0.2) is 44.5 Å². The number of nitrogens with one attached hydrogen (secondary N) is 3. The molecule has 7 nitrogen and oxygen atoms in total. The monoisotopic (exact) mass is 405 g/mol. The van der Waals surface area contributed by atoms with Crippen LogP contribution < -0.4 is 20.9 Å². The van der Waals surface area contributed by atoms with Gasteiger partial charge in [-0.3, -0.25) is 14.6 Å². The van der Waals surface area contributed by atoms with Gasteiger partial charge in [0.1, 0.15) is 0 Å². The van der Waals surface area contributed by atoms with Gasteiger partial charge in [0, 0.05) is 43.9 Å². The summed E-state index contributed by atoms with van der Waals surface area (Å²) in [5.41, 5.74) is 4.20. The molecule has 0 saturated heterocycles. The van der Waals surface area contributed by atoms with Crippen molar-refractivity contribution in [2.75, 3.05) is 36.9 Å². The number of hydrogen-bond donors (Lipinski definition) is 3. The molecule has 1 atom stereocenters. The molecule has 2 heterocycles. The largest absolute Gasteiger partial charge is 0.356 e. The van der Waals surface area contributed by atoms with E-state index >= 15 is 0 Å². The van der Waals surface area contributed by atoms with E-state index in [1.54, 1.807) is 7.05 Å². The highest BCUT2D eigenvalue weighted by Crippen LogP contribution is 2.31. The van der Waals surface area contributed by atoms with Crippen LogP contribution in [0.25, 0.3) is 0 Å². The number of carbonyl (C=O) groups excluding carboxylic acids is 2. The number of hydrogen-bond acceptors (Lipinski definition) is 3. The van der Waals surface area contributed by atoms with E-state index in [0.717, 1.165) is 36.3 Å². The third-order valence-corrected chi connectivity index (χ3v) is 5.66. The predicted octanol–water partition coefficient (Wildman–Crippen LogP) is 2.26. The van der Waals surface area contributed by atoms with E-state index in [1.165, 1.54) is 5.56 Å². The van der Waals surface area contributed by atoms with Crippen LogP contribution in [0.3, 0.4) is 0 Å². The Morgan fingerprint density at radius 2 is 1.97 bits per heavy atom. The van der Waals surface area contributed by atoms with E-state index < -0.39 is 0 Å². The maximum absolute atomic E-state index is 12.8. The third kappa shape index (κ3) is 4.30. The highest BCUT2D eigenvalue weighted by atomic mass is 16.2. The second kappa shape index (κ2) is 8.98. The Labute approximate surface area is 176 Å². The minimum absolute atomic E-state index is 0.0161. The summed E-state index contributed by atoms with van der Waals surface area (Å²) in [6.07, 6.45) is 2.40. The van der Waals surface area contributed by atoms with E-state index in [4.69, 9.17) is 0 Å². The molecule has 2 amide bonds. The molecule has 3 N–H and O–H groups in total. The number of rotatable bonds is 4. The predicted molar refractivity (Wildman–Crippen MR) is 119 cm³/mol. The summed E-state index contributed by atoms with van der Waals surface area (Å²) < 4.78 is 0. The summed E-state index contributed by atoms with van der Waals surface area (Å²) in [6.45, 7) is 1.46. The van der Waals surface area contributed by atoms with Crippen LogP contribution >= 0.6 is 0 Å². The zero-order chi connectivity index (χ0) is 20.9. The van der Waals surface area contributed by atoms with Crippen molar-refractivity contribution in [1.82, 2.24) is 10.6 Å². The fraction of sp³-hybridized carbons (Fsp3) is 0.348. The Morgan fingerprint density at radius 3 is 2.83 bits per heavy atom. The Kier molecular flexibility index (Phi) is 5.97. The van der Waals surface area contributed by atoms with Crippen LogP contribution in [0, 0.1) is 0 Å². The molecule has 0 fully saturated rings. The second-order valence-electron chi connectivity index (χ2n) is 7.62. The summed E-state index contributed by atoms with van der Waals surface area (Å²) in [5, 5.41) is 9.30. The normalized spacial score (nSPS) is 18.2. The van der Waals surface area contributed by atoms with Gasteiger partial charge in [-0.2, -0.15) is 0 Å². The quantitative estimate of drug-likeness (QED) is 0.538. The van der Waals surface area contributed by atoms with Crippen LogP contribution in [0.2, 0.25) is 0 Å². The van der Waals surface area contributed by atoms with Crippen molar-refractivity contribution >= 4 is 29.1 Å². The lowest BCUT2D eigenvalue weighted by Crippen LogP contribution is -2.47. The first-order valence-electron chi connectivity index (χ1n) is 10.4. The SMILES string of the molecule is CN=C(NCC(=O)N1CCCc2ccccc21)NCC1CC(=O)Nc2ccccc21. The summed E-state index contributed by atoms with van der Waals surface area (Å²) in [4.78, 5) is 30.9. The van der Waals surface area contributed by atoms with Crippen molar-refractivity contribution < 1.29 is 9.59 Å². The van der Waals surface area contributed by atoms with E-state index in [9.17, 15) is 9.59 Å². The first kappa shape index (κ1) is 19.9. The third-order valence-electron chi connectivity index (χ3n) is 5.66. The number of aryl methyl sites for hydroxylation is 1. The van der Waals surface area contributed by atoms with E-state index in [2.05, 4.69) is 27.0 Å². The number of carbonyl (C=O) groups is 2. The van der Waals surface area contributed by atoms with Crippen LogP contribution in [0.4, 0.5) is 11.4 Å². The molecule has 7 heteroatoms. The summed E-state index contributed by atoms with van der Waals surface area (Å²) in [7, 11) is 1.68. The molecule has 4 rings (SSSR count). The molecule has 0 radical (unpaired) electrons. The van der Waals surface area contributed by atoms with Crippen molar-refractivity contribution in [3.05, 3.63) is 59.7 Å². The van der Waals surface area contributed by atoms with Gasteiger partial charge >= 0.3 is 0 Å². The lowest BCUT2D eigenvalue weighted by molar-refractivity contribution is -0.118. The molecular weight excluding hydrogens is 378 g/mol. The summed E-state index contributed by atoms with van der Waals surface area (Å²) in [6, 6.07) is 15.9. The molecule has 0 aliphatic carbocycles. The van der Waals surface area contributed by atoms with Gasteiger partial charge in [0.05, 0.1) is 6.54 Å². The number of fused-ring (bicyclic) bond motifs is 2. The molecule has 2 aliphatic heterocycles. The van der Waals surface area contributed by atoms with Gasteiger partial charge in [0.15, 0.2) is 5.96 Å². The number of anilines is 2. The summed E-state index contributed by atoms with van der Waals surface area (Å²) in [5.74, 6) is 0.644. The Morgan fingerprint density at radius 1 is 1.17 bits per heavy atom. The fourth-order valence-corrected chi connectivity index (χ4v) is 4.17. The lowest BCUT2D eigenvalue weighted by Gasteiger charge is -2.30. The molecule has 2 aromatic carbocycles.